The number of rotatable bonds is 4. The number of fused-ring (bicyclic) bond motifs is 4. The summed E-state index contributed by atoms with van der Waals surface area (Å²) in [4.78, 5) is 21.2. The molecule has 0 radical (unpaired) electrons. The summed E-state index contributed by atoms with van der Waals surface area (Å²) in [6.45, 7) is 8.67. The summed E-state index contributed by atoms with van der Waals surface area (Å²) in [5.74, 6) is 2.90. The second-order valence-electron chi connectivity index (χ2n) is 8.72. The standard InChI is InChI=1S/C25H23N5SXe/c1-12(2)23-26-10-18(28-23)16-8-7-15(22-20(16)27-11-31-22)14-5-6-17-19(9-14)32-25-21(17)29-24(30-25)13(3)4/h5-13H,1-4H3,(H,26,28)(H,29,30). The average Bonchev–Trinajstić information content (AvgIpc) is 3.55. The van der Waals surface area contributed by atoms with Crippen LogP contribution in [0.1, 0.15) is 51.2 Å². The van der Waals surface area contributed by atoms with E-state index in [0.29, 0.717) is 11.8 Å². The summed E-state index contributed by atoms with van der Waals surface area (Å²) in [6, 6.07) is 11.3. The van der Waals surface area contributed by atoms with Gasteiger partial charge in [-0.3, -0.25) is 0 Å². The third-order valence-electron chi connectivity index (χ3n) is 5.84. The molecule has 1 aliphatic rings. The molecule has 3 aromatic heterocycles. The number of imidazole rings is 2. The van der Waals surface area contributed by atoms with E-state index in [-0.39, 0.29) is 44.2 Å². The SMILES string of the molecule is CC(C)c1ncc(-c2ccc(-c3ccc4c(c3)[Xe]c3[nH]c(C(C)C)nc3-4)c3scnc23)[nH]1. The van der Waals surface area contributed by atoms with E-state index in [9.17, 15) is 0 Å². The van der Waals surface area contributed by atoms with Gasteiger partial charge >= 0.3 is 218 Å². The van der Waals surface area contributed by atoms with Crippen LogP contribution in [0.3, 0.4) is 0 Å². The first-order valence-electron chi connectivity index (χ1n) is 10.8. The van der Waals surface area contributed by atoms with Crippen LogP contribution in [0.15, 0.2) is 42.0 Å². The van der Waals surface area contributed by atoms with Crippen LogP contribution >= 0.6 is 11.3 Å². The van der Waals surface area contributed by atoms with Crippen LogP contribution in [0.2, 0.25) is 0 Å². The van der Waals surface area contributed by atoms with E-state index in [2.05, 4.69) is 73.0 Å². The average molecular weight is 557 g/mol. The molecule has 0 spiro atoms. The molecule has 0 fully saturated rings. The summed E-state index contributed by atoms with van der Waals surface area (Å²) in [5, 5.41) is 0. The number of hydrogen-bond donors (Lipinski definition) is 2. The van der Waals surface area contributed by atoms with Crippen molar-refractivity contribution in [1.82, 2.24) is 24.9 Å². The van der Waals surface area contributed by atoms with E-state index in [1.807, 2.05) is 11.7 Å². The zero-order chi connectivity index (χ0) is 22.0. The Bertz CT molecular complexity index is 1470. The molecule has 1 aliphatic heterocycles. The Morgan fingerprint density at radius 1 is 0.875 bits per heavy atom. The molecule has 0 amide bonds. The fraction of sp³-hybridized carbons (Fsp3) is 0.240. The Labute approximate surface area is 215 Å². The minimum absolute atomic E-state index is 0.0255. The van der Waals surface area contributed by atoms with Crippen LogP contribution in [-0.2, 0) is 0 Å². The molecule has 6 rings (SSSR count). The van der Waals surface area contributed by atoms with Gasteiger partial charge in [0.25, 0.3) is 0 Å². The summed E-state index contributed by atoms with van der Waals surface area (Å²) >= 11 is 1.68. The number of benzene rings is 2. The number of nitrogens with one attached hydrogen (secondary N) is 2. The van der Waals surface area contributed by atoms with Crippen molar-refractivity contribution < 1.29 is 44.2 Å². The molecule has 5 aromatic rings. The van der Waals surface area contributed by atoms with E-state index < -0.39 is 0 Å². The molecule has 5 nitrogen and oxygen atoms in total. The molecule has 7 heteroatoms. The van der Waals surface area contributed by atoms with Gasteiger partial charge in [0.1, 0.15) is 0 Å². The molecular weight excluding hydrogens is 534 g/mol. The van der Waals surface area contributed by atoms with Crippen molar-refractivity contribution in [3.63, 3.8) is 0 Å². The molecule has 32 heavy (non-hydrogen) atoms. The van der Waals surface area contributed by atoms with Crippen LogP contribution in [0.25, 0.3) is 43.9 Å². The van der Waals surface area contributed by atoms with E-state index in [4.69, 9.17) is 9.97 Å². The fourth-order valence-corrected chi connectivity index (χ4v) is 7.61. The fourth-order valence-electron chi connectivity index (χ4n) is 4.07. The quantitative estimate of drug-likeness (QED) is 0.308. The van der Waals surface area contributed by atoms with Crippen molar-refractivity contribution in [2.24, 2.45) is 0 Å². The third kappa shape index (κ3) is 3.36. The van der Waals surface area contributed by atoms with Gasteiger partial charge in [-0.1, -0.05) is 0 Å². The monoisotopic (exact) mass is 557 g/mol. The molecule has 0 unspecified atom stereocenters. The topological polar surface area (TPSA) is 70.2 Å². The van der Waals surface area contributed by atoms with Gasteiger partial charge in [0.2, 0.25) is 0 Å². The maximum atomic E-state index is 4.88. The molecule has 0 aliphatic carbocycles. The van der Waals surface area contributed by atoms with Crippen molar-refractivity contribution in [3.05, 3.63) is 53.7 Å². The van der Waals surface area contributed by atoms with Gasteiger partial charge in [-0.05, 0) is 0 Å². The molecule has 162 valence electrons. The number of hydrogen-bond acceptors (Lipinski definition) is 4. The molecule has 0 atom stereocenters. The van der Waals surface area contributed by atoms with E-state index >= 15 is 0 Å². The number of thiazole rings is 1. The predicted molar refractivity (Wildman–Crippen MR) is 128 cm³/mol. The van der Waals surface area contributed by atoms with E-state index in [1.54, 1.807) is 11.3 Å². The van der Waals surface area contributed by atoms with Crippen molar-refractivity contribution in [3.8, 4) is 33.6 Å². The second kappa shape index (κ2) is 7.97. The van der Waals surface area contributed by atoms with Crippen molar-refractivity contribution in [1.29, 1.82) is 0 Å². The van der Waals surface area contributed by atoms with Crippen LogP contribution in [0, 0.1) is 44.2 Å². The zero-order valence-corrected chi connectivity index (χ0v) is 21.1. The zero-order valence-electron chi connectivity index (χ0n) is 18.3. The van der Waals surface area contributed by atoms with Crippen molar-refractivity contribution in [2.75, 3.05) is 0 Å². The molecule has 4 heterocycles. The van der Waals surface area contributed by atoms with Crippen LogP contribution in [-0.4, -0.2) is 24.9 Å². The first kappa shape index (κ1) is 20.9. The molecule has 2 aromatic carbocycles. The van der Waals surface area contributed by atoms with Crippen LogP contribution in [0.5, 0.6) is 0 Å². The predicted octanol–water partition coefficient (Wildman–Crippen LogP) is 5.34. The Morgan fingerprint density at radius 2 is 1.66 bits per heavy atom. The number of H-pyrrole nitrogens is 2. The Balaban J connectivity index is 1.41. The molecule has 2 N–H and O–H groups in total. The molecule has 0 bridgehead atoms. The van der Waals surface area contributed by atoms with Gasteiger partial charge in [-0.15, -0.1) is 0 Å². The third-order valence-corrected chi connectivity index (χ3v) is 9.31. The van der Waals surface area contributed by atoms with E-state index in [0.717, 1.165) is 34.1 Å². The summed E-state index contributed by atoms with van der Waals surface area (Å²) in [6.07, 6.45) is 1.92. The number of aromatic amines is 2. The number of aromatic nitrogens is 5. The molecule has 0 saturated heterocycles. The Kier molecular flexibility index (Phi) is 5.20. The van der Waals surface area contributed by atoms with Gasteiger partial charge in [0, 0.05) is 0 Å². The summed E-state index contributed by atoms with van der Waals surface area (Å²) in [7, 11) is 0. The van der Waals surface area contributed by atoms with Crippen molar-refractivity contribution in [2.45, 2.75) is 39.5 Å². The minimum atomic E-state index is -0.0255. The van der Waals surface area contributed by atoms with Crippen LogP contribution in [0.4, 0.5) is 0 Å². The first-order chi connectivity index (χ1) is 15.5. The molecular formula is C25H23N5SXe. The normalized spacial score (nSPS) is 13.1. The number of nitrogens with zero attached hydrogens (tertiary/aromatic N) is 3. The van der Waals surface area contributed by atoms with Gasteiger partial charge in [0.05, 0.1) is 0 Å². The summed E-state index contributed by atoms with van der Waals surface area (Å²) < 4.78 is 3.97. The van der Waals surface area contributed by atoms with Gasteiger partial charge in [-0.25, -0.2) is 0 Å². The van der Waals surface area contributed by atoms with E-state index in [1.165, 1.54) is 21.6 Å². The Hall–Kier alpha value is -1.68. The van der Waals surface area contributed by atoms with Crippen molar-refractivity contribution >= 4 is 21.7 Å². The van der Waals surface area contributed by atoms with Gasteiger partial charge in [0.15, 0.2) is 0 Å². The Morgan fingerprint density at radius 3 is 2.44 bits per heavy atom. The molecule has 0 saturated carbocycles. The van der Waals surface area contributed by atoms with Gasteiger partial charge in [-0.2, -0.15) is 0 Å². The second-order valence-corrected chi connectivity index (χ2v) is 12.2. The van der Waals surface area contributed by atoms with Crippen LogP contribution < -0.4 is 0.193 Å². The first-order valence-corrected chi connectivity index (χ1v) is 13.7. The maximum absolute atomic E-state index is 4.88. The van der Waals surface area contributed by atoms with Gasteiger partial charge < -0.3 is 0 Å². The summed E-state index contributed by atoms with van der Waals surface area (Å²) in [5.41, 5.74) is 10.1.